The number of hydrogen-bond donors (Lipinski definition) is 2. The second-order valence-electron chi connectivity index (χ2n) is 5.57. The highest BCUT2D eigenvalue weighted by Gasteiger charge is 2.09. The SMILES string of the molecule is CC(=O)c1ccc(NC(=O)c2ccc(NCc3ccccn3)nn2)cc1. The van der Waals surface area contributed by atoms with E-state index in [1.54, 1.807) is 42.6 Å². The summed E-state index contributed by atoms with van der Waals surface area (Å²) in [6, 6.07) is 15.6. The van der Waals surface area contributed by atoms with Gasteiger partial charge in [0.05, 0.1) is 12.2 Å². The van der Waals surface area contributed by atoms with Crippen LogP contribution in [-0.4, -0.2) is 26.9 Å². The molecule has 1 amide bonds. The molecule has 2 heterocycles. The molecule has 0 unspecified atom stereocenters. The zero-order valence-corrected chi connectivity index (χ0v) is 14.1. The van der Waals surface area contributed by atoms with Crippen LogP contribution in [0.15, 0.2) is 60.8 Å². The third-order valence-corrected chi connectivity index (χ3v) is 3.62. The van der Waals surface area contributed by atoms with Crippen molar-refractivity contribution in [2.45, 2.75) is 13.5 Å². The molecule has 3 aromatic rings. The normalized spacial score (nSPS) is 10.2. The van der Waals surface area contributed by atoms with Crippen LogP contribution >= 0.6 is 0 Å². The molecule has 0 bridgehead atoms. The number of carbonyl (C=O) groups excluding carboxylic acids is 2. The van der Waals surface area contributed by atoms with Gasteiger partial charge in [-0.3, -0.25) is 14.6 Å². The molecule has 2 aromatic heterocycles. The van der Waals surface area contributed by atoms with Crippen LogP contribution in [0.4, 0.5) is 11.5 Å². The molecule has 0 aliphatic heterocycles. The van der Waals surface area contributed by atoms with Crippen LogP contribution in [0.1, 0.15) is 33.5 Å². The molecular formula is C19H17N5O2. The minimum absolute atomic E-state index is 0.0254. The van der Waals surface area contributed by atoms with Gasteiger partial charge in [-0.05, 0) is 55.5 Å². The van der Waals surface area contributed by atoms with Gasteiger partial charge in [-0.1, -0.05) is 6.07 Å². The molecule has 1 aromatic carbocycles. The number of nitrogens with zero attached hydrogens (tertiary/aromatic N) is 3. The van der Waals surface area contributed by atoms with Crippen LogP contribution in [0.5, 0.6) is 0 Å². The predicted molar refractivity (Wildman–Crippen MR) is 98.0 cm³/mol. The van der Waals surface area contributed by atoms with Gasteiger partial charge in [-0.25, -0.2) is 0 Å². The number of benzene rings is 1. The maximum Gasteiger partial charge on any atom is 0.276 e. The summed E-state index contributed by atoms with van der Waals surface area (Å²) in [5.74, 6) is 0.157. The van der Waals surface area contributed by atoms with Crippen molar-refractivity contribution in [2.75, 3.05) is 10.6 Å². The number of nitrogens with one attached hydrogen (secondary N) is 2. The summed E-state index contributed by atoms with van der Waals surface area (Å²) in [6.07, 6.45) is 1.72. The van der Waals surface area contributed by atoms with Crippen molar-refractivity contribution in [2.24, 2.45) is 0 Å². The third kappa shape index (κ3) is 4.47. The van der Waals surface area contributed by atoms with Gasteiger partial charge >= 0.3 is 0 Å². The summed E-state index contributed by atoms with van der Waals surface area (Å²) in [5, 5.41) is 13.7. The van der Waals surface area contributed by atoms with Crippen LogP contribution in [0.3, 0.4) is 0 Å². The number of rotatable bonds is 6. The lowest BCUT2D eigenvalue weighted by atomic mass is 10.1. The fourth-order valence-corrected chi connectivity index (χ4v) is 2.21. The van der Waals surface area contributed by atoms with E-state index in [0.29, 0.717) is 23.6 Å². The number of amides is 1. The molecule has 0 aliphatic rings. The average molecular weight is 347 g/mol. The summed E-state index contributed by atoms with van der Waals surface area (Å²) in [4.78, 5) is 27.7. The van der Waals surface area contributed by atoms with E-state index in [4.69, 9.17) is 0 Å². The van der Waals surface area contributed by atoms with Gasteiger partial charge in [-0.15, -0.1) is 10.2 Å². The van der Waals surface area contributed by atoms with Crippen molar-refractivity contribution < 1.29 is 9.59 Å². The molecule has 2 N–H and O–H groups in total. The molecular weight excluding hydrogens is 330 g/mol. The Hall–Kier alpha value is -3.61. The molecule has 130 valence electrons. The Balaban J connectivity index is 1.58. The highest BCUT2D eigenvalue weighted by atomic mass is 16.2. The molecule has 3 rings (SSSR count). The standard InChI is InChI=1S/C19H17N5O2/c1-13(25)14-5-7-15(8-6-14)22-19(26)17-9-10-18(24-23-17)21-12-16-4-2-3-11-20-16/h2-11H,12H2,1H3,(H,21,24)(H,22,26). The Kier molecular flexibility index (Phi) is 5.28. The van der Waals surface area contributed by atoms with Crippen LogP contribution in [0.25, 0.3) is 0 Å². The highest BCUT2D eigenvalue weighted by Crippen LogP contribution is 2.12. The average Bonchev–Trinajstić information content (AvgIpc) is 2.68. The summed E-state index contributed by atoms with van der Waals surface area (Å²) >= 11 is 0. The monoisotopic (exact) mass is 347 g/mol. The molecule has 0 atom stereocenters. The van der Waals surface area contributed by atoms with E-state index in [1.807, 2.05) is 18.2 Å². The van der Waals surface area contributed by atoms with E-state index in [1.165, 1.54) is 6.92 Å². The smallest absolute Gasteiger partial charge is 0.276 e. The first-order valence-electron chi connectivity index (χ1n) is 8.02. The Morgan fingerprint density at radius 2 is 1.77 bits per heavy atom. The lowest BCUT2D eigenvalue weighted by Gasteiger charge is -2.07. The van der Waals surface area contributed by atoms with Crippen molar-refractivity contribution in [1.82, 2.24) is 15.2 Å². The quantitative estimate of drug-likeness (QED) is 0.666. The Bertz CT molecular complexity index is 893. The van der Waals surface area contributed by atoms with Crippen LogP contribution in [0.2, 0.25) is 0 Å². The molecule has 0 radical (unpaired) electrons. The first-order chi connectivity index (χ1) is 12.6. The van der Waals surface area contributed by atoms with Crippen LogP contribution in [-0.2, 0) is 6.54 Å². The largest absolute Gasteiger partial charge is 0.363 e. The minimum atomic E-state index is -0.371. The first-order valence-corrected chi connectivity index (χ1v) is 8.02. The van der Waals surface area contributed by atoms with Crippen molar-refractivity contribution in [1.29, 1.82) is 0 Å². The summed E-state index contributed by atoms with van der Waals surface area (Å²) in [6.45, 7) is 2.01. The molecule has 0 spiro atoms. The predicted octanol–water partition coefficient (Wildman–Crippen LogP) is 2.94. The van der Waals surface area contributed by atoms with E-state index in [2.05, 4.69) is 25.8 Å². The fourth-order valence-electron chi connectivity index (χ4n) is 2.21. The molecule has 26 heavy (non-hydrogen) atoms. The topological polar surface area (TPSA) is 96.9 Å². The lowest BCUT2D eigenvalue weighted by Crippen LogP contribution is -2.15. The van der Waals surface area contributed by atoms with E-state index < -0.39 is 0 Å². The Morgan fingerprint density at radius 3 is 2.38 bits per heavy atom. The van der Waals surface area contributed by atoms with E-state index >= 15 is 0 Å². The second kappa shape index (κ2) is 7.98. The van der Waals surface area contributed by atoms with E-state index in [-0.39, 0.29) is 17.4 Å². The van der Waals surface area contributed by atoms with Crippen molar-refractivity contribution in [3.63, 3.8) is 0 Å². The van der Waals surface area contributed by atoms with Gasteiger partial charge in [0.25, 0.3) is 5.91 Å². The maximum absolute atomic E-state index is 12.2. The fraction of sp³-hybridized carbons (Fsp3) is 0.105. The number of pyridine rings is 1. The summed E-state index contributed by atoms with van der Waals surface area (Å²) < 4.78 is 0. The summed E-state index contributed by atoms with van der Waals surface area (Å²) in [5.41, 5.74) is 2.25. The van der Waals surface area contributed by atoms with Crippen LogP contribution < -0.4 is 10.6 Å². The number of hydrogen-bond acceptors (Lipinski definition) is 6. The van der Waals surface area contributed by atoms with Crippen molar-refractivity contribution >= 4 is 23.2 Å². The van der Waals surface area contributed by atoms with E-state index in [9.17, 15) is 9.59 Å². The third-order valence-electron chi connectivity index (χ3n) is 3.62. The van der Waals surface area contributed by atoms with Gasteiger partial charge < -0.3 is 10.6 Å². The minimum Gasteiger partial charge on any atom is -0.363 e. The molecule has 0 fully saturated rings. The molecule has 0 aliphatic carbocycles. The number of aromatic nitrogens is 3. The number of carbonyl (C=O) groups is 2. The van der Waals surface area contributed by atoms with Gasteiger partial charge in [0, 0.05) is 17.4 Å². The number of anilines is 2. The van der Waals surface area contributed by atoms with Crippen LogP contribution in [0, 0.1) is 0 Å². The number of Topliss-reactive ketones (excluding diaryl/α,β-unsaturated/α-hetero) is 1. The number of ketones is 1. The van der Waals surface area contributed by atoms with E-state index in [0.717, 1.165) is 5.69 Å². The van der Waals surface area contributed by atoms with Gasteiger partial charge in [-0.2, -0.15) is 0 Å². The second-order valence-corrected chi connectivity index (χ2v) is 5.57. The zero-order chi connectivity index (χ0) is 18.4. The highest BCUT2D eigenvalue weighted by molar-refractivity contribution is 6.03. The van der Waals surface area contributed by atoms with Crippen molar-refractivity contribution in [3.8, 4) is 0 Å². The Labute approximate surface area is 150 Å². The molecule has 7 heteroatoms. The van der Waals surface area contributed by atoms with Crippen molar-refractivity contribution in [3.05, 3.63) is 77.7 Å². The summed E-state index contributed by atoms with van der Waals surface area (Å²) in [7, 11) is 0. The maximum atomic E-state index is 12.2. The first kappa shape index (κ1) is 17.2. The Morgan fingerprint density at radius 1 is 0.962 bits per heavy atom. The van der Waals surface area contributed by atoms with Gasteiger partial charge in [0.15, 0.2) is 11.5 Å². The molecule has 0 saturated heterocycles. The molecule has 0 saturated carbocycles. The lowest BCUT2D eigenvalue weighted by molar-refractivity contribution is 0.101. The van der Waals surface area contributed by atoms with Gasteiger partial charge in [0.1, 0.15) is 5.82 Å². The molecule has 7 nitrogen and oxygen atoms in total. The van der Waals surface area contributed by atoms with Gasteiger partial charge in [0.2, 0.25) is 0 Å². The zero-order valence-electron chi connectivity index (χ0n) is 14.1.